The van der Waals surface area contributed by atoms with Crippen molar-refractivity contribution in [3.63, 3.8) is 0 Å². The molecule has 3 aromatic heterocycles. The molecule has 0 bridgehead atoms. The van der Waals surface area contributed by atoms with Crippen LogP contribution < -0.4 is 5.32 Å². The zero-order chi connectivity index (χ0) is 21.8. The van der Waals surface area contributed by atoms with Gasteiger partial charge in [0.1, 0.15) is 5.82 Å². The molecule has 0 unspecified atom stereocenters. The summed E-state index contributed by atoms with van der Waals surface area (Å²) in [7, 11) is 0. The first-order valence-corrected chi connectivity index (χ1v) is 9.99. The molecule has 1 amide bonds. The fourth-order valence-corrected chi connectivity index (χ4v) is 3.88. The van der Waals surface area contributed by atoms with E-state index in [-0.39, 0.29) is 28.9 Å². The van der Waals surface area contributed by atoms with Gasteiger partial charge in [-0.3, -0.25) is 14.8 Å². The lowest BCUT2D eigenvalue weighted by molar-refractivity contribution is 0.0696. The Hall–Kier alpha value is -3.69. The molecule has 9 nitrogen and oxygen atoms in total. The Bertz CT molecular complexity index is 1100. The predicted octanol–water partition coefficient (Wildman–Crippen LogP) is 2.60. The van der Waals surface area contributed by atoms with Gasteiger partial charge < -0.3 is 10.4 Å². The van der Waals surface area contributed by atoms with E-state index in [1.807, 2.05) is 0 Å². The van der Waals surface area contributed by atoms with E-state index < -0.39 is 11.8 Å². The van der Waals surface area contributed by atoms with Crippen molar-refractivity contribution in [2.24, 2.45) is 5.92 Å². The average Bonchev–Trinajstić information content (AvgIpc) is 3.28. The first-order chi connectivity index (χ1) is 15.0. The molecule has 10 heteroatoms. The van der Waals surface area contributed by atoms with Crippen LogP contribution in [0.2, 0.25) is 0 Å². The van der Waals surface area contributed by atoms with Crippen LogP contribution >= 0.6 is 0 Å². The van der Waals surface area contributed by atoms with Crippen LogP contribution in [0.3, 0.4) is 0 Å². The lowest BCUT2D eigenvalue weighted by Gasteiger charge is -2.28. The number of nitrogens with zero attached hydrogens (tertiary/aromatic N) is 5. The molecule has 1 aliphatic carbocycles. The summed E-state index contributed by atoms with van der Waals surface area (Å²) in [6.07, 6.45) is 10.8. The molecule has 0 aromatic carbocycles. The van der Waals surface area contributed by atoms with Crippen molar-refractivity contribution in [2.45, 2.75) is 31.6 Å². The Morgan fingerprint density at radius 3 is 2.74 bits per heavy atom. The summed E-state index contributed by atoms with van der Waals surface area (Å²) in [5.74, 6) is -1.48. The van der Waals surface area contributed by atoms with Gasteiger partial charge in [-0.25, -0.2) is 13.9 Å². The fraction of sp³-hybridized carbons (Fsp3) is 0.333. The Morgan fingerprint density at radius 1 is 1.13 bits per heavy atom. The Balaban J connectivity index is 1.38. The molecule has 3 heterocycles. The van der Waals surface area contributed by atoms with Crippen molar-refractivity contribution in [3.05, 3.63) is 65.8 Å². The number of nitrogens with one attached hydrogen (secondary N) is 1. The molecule has 2 N–H and O–H groups in total. The minimum atomic E-state index is -1.05. The monoisotopic (exact) mass is 424 g/mol. The molecule has 0 saturated heterocycles. The summed E-state index contributed by atoms with van der Waals surface area (Å²) in [4.78, 5) is 31.0. The highest BCUT2D eigenvalue weighted by molar-refractivity contribution is 5.93. The van der Waals surface area contributed by atoms with Gasteiger partial charge in [0, 0.05) is 24.9 Å². The minimum Gasteiger partial charge on any atom is -0.478 e. The Morgan fingerprint density at radius 2 is 1.94 bits per heavy atom. The Kier molecular flexibility index (Phi) is 5.96. The molecule has 0 spiro atoms. The van der Waals surface area contributed by atoms with E-state index in [0.29, 0.717) is 12.2 Å². The van der Waals surface area contributed by atoms with Crippen molar-refractivity contribution in [1.29, 1.82) is 0 Å². The van der Waals surface area contributed by atoms with Crippen molar-refractivity contribution >= 4 is 11.9 Å². The summed E-state index contributed by atoms with van der Waals surface area (Å²) in [5, 5.41) is 20.4. The molecule has 2 atom stereocenters. The summed E-state index contributed by atoms with van der Waals surface area (Å²) in [5.41, 5.74) is 1.64. The van der Waals surface area contributed by atoms with Gasteiger partial charge in [0.2, 0.25) is 0 Å². The van der Waals surface area contributed by atoms with E-state index in [1.54, 1.807) is 6.20 Å². The number of amides is 1. The van der Waals surface area contributed by atoms with Crippen LogP contribution in [-0.4, -0.2) is 48.5 Å². The van der Waals surface area contributed by atoms with Gasteiger partial charge >= 0.3 is 5.97 Å². The number of carbonyl (C=O) groups excluding carboxylic acids is 1. The minimum absolute atomic E-state index is 0.0801. The number of carbonyl (C=O) groups is 2. The van der Waals surface area contributed by atoms with E-state index in [1.165, 1.54) is 35.4 Å². The summed E-state index contributed by atoms with van der Waals surface area (Å²) >= 11 is 0. The van der Waals surface area contributed by atoms with E-state index in [2.05, 4.69) is 25.6 Å². The van der Waals surface area contributed by atoms with Gasteiger partial charge in [0.05, 0.1) is 41.1 Å². The molecule has 4 rings (SSSR count). The zero-order valence-corrected chi connectivity index (χ0v) is 16.6. The first kappa shape index (κ1) is 20.6. The molecule has 0 radical (unpaired) electrons. The van der Waals surface area contributed by atoms with E-state index in [0.717, 1.165) is 37.6 Å². The van der Waals surface area contributed by atoms with E-state index in [9.17, 15) is 14.0 Å². The molecule has 1 fully saturated rings. The quantitative estimate of drug-likeness (QED) is 0.623. The van der Waals surface area contributed by atoms with Crippen molar-refractivity contribution in [2.75, 3.05) is 6.54 Å². The van der Waals surface area contributed by atoms with Gasteiger partial charge in [-0.15, -0.1) is 5.10 Å². The maximum absolute atomic E-state index is 13.3. The number of hydrogen-bond acceptors (Lipinski definition) is 6. The first-order valence-electron chi connectivity index (χ1n) is 9.99. The maximum atomic E-state index is 13.3. The average molecular weight is 424 g/mol. The number of aromatic nitrogens is 5. The summed E-state index contributed by atoms with van der Waals surface area (Å²) < 4.78 is 14.8. The second-order valence-corrected chi connectivity index (χ2v) is 7.66. The molecule has 3 aromatic rings. The van der Waals surface area contributed by atoms with Crippen LogP contribution in [0.25, 0.3) is 5.69 Å². The van der Waals surface area contributed by atoms with Crippen LogP contribution in [0.4, 0.5) is 4.39 Å². The molecule has 31 heavy (non-hydrogen) atoms. The van der Waals surface area contributed by atoms with E-state index >= 15 is 0 Å². The largest absolute Gasteiger partial charge is 0.478 e. The van der Waals surface area contributed by atoms with Crippen LogP contribution in [0.5, 0.6) is 0 Å². The van der Waals surface area contributed by atoms with E-state index in [4.69, 9.17) is 5.11 Å². The topological polar surface area (TPSA) is 123 Å². The van der Waals surface area contributed by atoms with Gasteiger partial charge in [-0.1, -0.05) is 11.6 Å². The van der Waals surface area contributed by atoms with Gasteiger partial charge in [-0.2, -0.15) is 0 Å². The highest BCUT2D eigenvalue weighted by Gasteiger charge is 2.26. The second kappa shape index (κ2) is 8.99. The summed E-state index contributed by atoms with van der Waals surface area (Å²) in [6.45, 7) is 0.491. The predicted molar refractivity (Wildman–Crippen MR) is 107 cm³/mol. The third-order valence-electron chi connectivity index (χ3n) is 5.47. The number of rotatable bonds is 6. The zero-order valence-electron chi connectivity index (χ0n) is 16.6. The summed E-state index contributed by atoms with van der Waals surface area (Å²) in [6, 6.07) is 2.66. The van der Waals surface area contributed by atoms with Crippen molar-refractivity contribution in [1.82, 2.24) is 30.3 Å². The lowest BCUT2D eigenvalue weighted by Crippen LogP contribution is -2.31. The molecule has 1 saturated carbocycles. The molecular formula is C21H21FN6O3. The number of carboxylic acid groups (broad SMARTS) is 1. The number of pyridine rings is 2. The Labute approximate surface area is 177 Å². The normalized spacial score (nSPS) is 18.5. The van der Waals surface area contributed by atoms with Crippen molar-refractivity contribution in [3.8, 4) is 5.69 Å². The highest BCUT2D eigenvalue weighted by Crippen LogP contribution is 2.35. The number of aromatic carboxylic acids is 1. The smallest absolute Gasteiger partial charge is 0.337 e. The molecule has 0 aliphatic heterocycles. The third-order valence-corrected chi connectivity index (χ3v) is 5.47. The van der Waals surface area contributed by atoms with Crippen LogP contribution in [-0.2, 0) is 0 Å². The third kappa shape index (κ3) is 4.90. The molecule has 1 aliphatic rings. The van der Waals surface area contributed by atoms with Gasteiger partial charge in [0.25, 0.3) is 5.91 Å². The number of halogens is 1. The van der Waals surface area contributed by atoms with Crippen LogP contribution in [0.15, 0.2) is 43.1 Å². The van der Waals surface area contributed by atoms with Crippen LogP contribution in [0.1, 0.15) is 58.0 Å². The standard InChI is InChI=1S/C21H21FN6O3/c22-17-5-15(8-23-10-17)20(29)25-7-13-2-1-3-14(4-13)19-12-28(27-26-19)18-6-16(21(30)31)9-24-11-18/h5-6,8-14H,1-4,7H2,(H,25,29)(H,30,31)/t13-,14-/m1/s1. The van der Waals surface area contributed by atoms with Gasteiger partial charge in [0.15, 0.2) is 0 Å². The highest BCUT2D eigenvalue weighted by atomic mass is 19.1. The molecule has 160 valence electrons. The number of carboxylic acids is 1. The number of hydrogen-bond donors (Lipinski definition) is 2. The van der Waals surface area contributed by atoms with Crippen molar-refractivity contribution < 1.29 is 19.1 Å². The lowest BCUT2D eigenvalue weighted by atomic mass is 9.80. The van der Waals surface area contributed by atoms with Gasteiger partial charge in [-0.05, 0) is 37.3 Å². The fourth-order valence-electron chi connectivity index (χ4n) is 3.88. The SMILES string of the molecule is O=C(O)c1cncc(-n2cc([C@@H]3CCC[C@@H](CNC(=O)c4cncc(F)c4)C3)nn2)c1. The molecular weight excluding hydrogens is 403 g/mol. The van der Waals surface area contributed by atoms with Crippen LogP contribution in [0, 0.1) is 11.7 Å². The second-order valence-electron chi connectivity index (χ2n) is 7.66. The maximum Gasteiger partial charge on any atom is 0.337 e.